The van der Waals surface area contributed by atoms with Crippen LogP contribution < -0.4 is 10.1 Å². The molecule has 1 aliphatic heterocycles. The zero-order valence-corrected chi connectivity index (χ0v) is 11.4. The van der Waals surface area contributed by atoms with Crippen molar-refractivity contribution in [2.75, 3.05) is 18.5 Å². The first-order valence-electron chi connectivity index (χ1n) is 6.99. The molecule has 3 heterocycles. The molecule has 1 aromatic carbocycles. The van der Waals surface area contributed by atoms with Crippen LogP contribution in [0.5, 0.6) is 5.75 Å². The van der Waals surface area contributed by atoms with Crippen molar-refractivity contribution in [3.63, 3.8) is 0 Å². The van der Waals surface area contributed by atoms with Gasteiger partial charge in [0, 0.05) is 24.9 Å². The van der Waals surface area contributed by atoms with Gasteiger partial charge in [-0.2, -0.15) is 0 Å². The van der Waals surface area contributed by atoms with Crippen molar-refractivity contribution in [1.82, 2.24) is 19.6 Å². The second-order valence-electron chi connectivity index (χ2n) is 5.21. The summed E-state index contributed by atoms with van der Waals surface area (Å²) in [4.78, 5) is 4.33. The minimum Gasteiger partial charge on any atom is -0.493 e. The van der Waals surface area contributed by atoms with E-state index in [4.69, 9.17) is 4.74 Å². The van der Waals surface area contributed by atoms with Gasteiger partial charge in [0.15, 0.2) is 5.82 Å². The summed E-state index contributed by atoms with van der Waals surface area (Å²) in [6.45, 7) is 1.52. The van der Waals surface area contributed by atoms with Gasteiger partial charge in [0.25, 0.3) is 0 Å². The second kappa shape index (κ2) is 5.05. The van der Waals surface area contributed by atoms with Gasteiger partial charge in [0.05, 0.1) is 6.61 Å². The molecule has 106 valence electrons. The van der Waals surface area contributed by atoms with Crippen molar-refractivity contribution in [2.45, 2.75) is 6.42 Å². The normalized spacial score (nSPS) is 17.2. The van der Waals surface area contributed by atoms with Crippen LogP contribution in [0.4, 0.5) is 5.82 Å². The van der Waals surface area contributed by atoms with Crippen molar-refractivity contribution >= 4 is 11.5 Å². The van der Waals surface area contributed by atoms with E-state index < -0.39 is 0 Å². The van der Waals surface area contributed by atoms with Gasteiger partial charge in [-0.25, -0.2) is 4.98 Å². The number of aromatic nitrogens is 4. The highest BCUT2D eigenvalue weighted by molar-refractivity contribution is 5.61. The Morgan fingerprint density at radius 1 is 1.33 bits per heavy atom. The Morgan fingerprint density at radius 3 is 3.29 bits per heavy atom. The molecule has 6 heteroatoms. The van der Waals surface area contributed by atoms with E-state index in [-0.39, 0.29) is 0 Å². The highest BCUT2D eigenvalue weighted by Gasteiger charge is 2.19. The molecule has 0 radical (unpaired) electrons. The fraction of sp³-hybridized carbons (Fsp3) is 0.267. The van der Waals surface area contributed by atoms with Crippen molar-refractivity contribution in [1.29, 1.82) is 0 Å². The number of anilines is 1. The molecule has 0 amide bonds. The molecule has 0 fully saturated rings. The zero-order chi connectivity index (χ0) is 14.1. The largest absolute Gasteiger partial charge is 0.493 e. The van der Waals surface area contributed by atoms with Gasteiger partial charge >= 0.3 is 0 Å². The van der Waals surface area contributed by atoms with Gasteiger partial charge in [-0.15, -0.1) is 10.2 Å². The quantitative estimate of drug-likeness (QED) is 0.793. The number of para-hydroxylation sites is 1. The lowest BCUT2D eigenvalue weighted by molar-refractivity contribution is 0.229. The van der Waals surface area contributed by atoms with Crippen molar-refractivity contribution in [3.05, 3.63) is 48.5 Å². The summed E-state index contributed by atoms with van der Waals surface area (Å²) in [6, 6.07) is 8.21. The lowest BCUT2D eigenvalue weighted by atomic mass is 9.97. The minimum atomic E-state index is 0.421. The van der Waals surface area contributed by atoms with E-state index >= 15 is 0 Å². The van der Waals surface area contributed by atoms with Crippen molar-refractivity contribution in [2.24, 2.45) is 5.92 Å². The Bertz CT molecular complexity index is 769. The Hall–Kier alpha value is -2.63. The topological polar surface area (TPSA) is 64.3 Å². The molecule has 3 aromatic rings. The van der Waals surface area contributed by atoms with Crippen LogP contribution in [0.25, 0.3) is 5.65 Å². The van der Waals surface area contributed by atoms with E-state index in [1.54, 1.807) is 12.5 Å². The molecule has 1 aliphatic rings. The van der Waals surface area contributed by atoms with Gasteiger partial charge in [-0.1, -0.05) is 18.2 Å². The molecule has 0 aliphatic carbocycles. The maximum absolute atomic E-state index is 5.80. The van der Waals surface area contributed by atoms with Crippen LogP contribution in [-0.2, 0) is 6.42 Å². The number of nitrogens with one attached hydrogen (secondary N) is 1. The number of rotatable bonds is 3. The highest BCUT2D eigenvalue weighted by atomic mass is 16.5. The van der Waals surface area contributed by atoms with E-state index in [2.05, 4.69) is 32.6 Å². The van der Waals surface area contributed by atoms with Gasteiger partial charge in [-0.3, -0.25) is 4.40 Å². The second-order valence-corrected chi connectivity index (χ2v) is 5.21. The minimum absolute atomic E-state index is 0.421. The molecule has 21 heavy (non-hydrogen) atoms. The SMILES string of the molecule is c1ccc2c(c1)C[C@H](CNc1nccn3cnnc13)CO2. The summed E-state index contributed by atoms with van der Waals surface area (Å²) in [7, 11) is 0. The van der Waals surface area contributed by atoms with Crippen LogP contribution in [0.1, 0.15) is 5.56 Å². The smallest absolute Gasteiger partial charge is 0.203 e. The Labute approximate surface area is 121 Å². The molecule has 0 spiro atoms. The van der Waals surface area contributed by atoms with E-state index in [9.17, 15) is 0 Å². The number of fused-ring (bicyclic) bond motifs is 2. The summed E-state index contributed by atoms with van der Waals surface area (Å²) in [5.74, 6) is 2.19. The fourth-order valence-corrected chi connectivity index (χ4v) is 2.65. The van der Waals surface area contributed by atoms with Gasteiger partial charge < -0.3 is 10.1 Å². The highest BCUT2D eigenvalue weighted by Crippen LogP contribution is 2.26. The molecule has 4 rings (SSSR count). The number of ether oxygens (including phenoxy) is 1. The Morgan fingerprint density at radius 2 is 2.29 bits per heavy atom. The third-order valence-corrected chi connectivity index (χ3v) is 3.73. The van der Waals surface area contributed by atoms with Gasteiger partial charge in [0.1, 0.15) is 12.1 Å². The molecule has 2 aromatic heterocycles. The summed E-state index contributed by atoms with van der Waals surface area (Å²) >= 11 is 0. The van der Waals surface area contributed by atoms with Crippen LogP contribution >= 0.6 is 0 Å². The monoisotopic (exact) mass is 281 g/mol. The lowest BCUT2D eigenvalue weighted by Gasteiger charge is -2.25. The lowest BCUT2D eigenvalue weighted by Crippen LogP contribution is -2.27. The third kappa shape index (κ3) is 2.29. The first kappa shape index (κ1) is 12.1. The Kier molecular flexibility index (Phi) is 2.92. The summed E-state index contributed by atoms with van der Waals surface area (Å²) < 4.78 is 7.65. The number of hydrogen-bond acceptors (Lipinski definition) is 5. The first-order valence-corrected chi connectivity index (χ1v) is 6.99. The van der Waals surface area contributed by atoms with Crippen LogP contribution in [0, 0.1) is 5.92 Å². The van der Waals surface area contributed by atoms with E-state index in [1.165, 1.54) is 5.56 Å². The van der Waals surface area contributed by atoms with Crippen molar-refractivity contribution < 1.29 is 4.74 Å². The first-order chi connectivity index (χ1) is 10.4. The molecule has 1 atom stereocenters. The van der Waals surface area contributed by atoms with Crippen molar-refractivity contribution in [3.8, 4) is 5.75 Å². The molecule has 0 saturated heterocycles. The van der Waals surface area contributed by atoms with Gasteiger partial charge in [0.2, 0.25) is 5.65 Å². The maximum atomic E-state index is 5.80. The average molecular weight is 281 g/mol. The molecule has 0 saturated carbocycles. The van der Waals surface area contributed by atoms with Crippen LogP contribution in [0.2, 0.25) is 0 Å². The van der Waals surface area contributed by atoms with Crippen LogP contribution in [-0.4, -0.2) is 32.7 Å². The predicted octanol–water partition coefficient (Wildman–Crippen LogP) is 1.79. The molecule has 0 unspecified atom stereocenters. The summed E-state index contributed by atoms with van der Waals surface area (Å²) in [6.07, 6.45) is 6.26. The number of nitrogens with zero attached hydrogens (tertiary/aromatic N) is 4. The zero-order valence-electron chi connectivity index (χ0n) is 11.4. The van der Waals surface area contributed by atoms with Gasteiger partial charge in [-0.05, 0) is 18.1 Å². The van der Waals surface area contributed by atoms with Crippen LogP contribution in [0.15, 0.2) is 43.0 Å². The molecule has 0 bridgehead atoms. The van der Waals surface area contributed by atoms with E-state index in [0.29, 0.717) is 5.92 Å². The van der Waals surface area contributed by atoms with Crippen LogP contribution in [0.3, 0.4) is 0 Å². The number of hydrogen-bond donors (Lipinski definition) is 1. The molecular formula is C15H15N5O. The standard InChI is InChI=1S/C15H15N5O/c1-2-4-13-12(3-1)7-11(9-21-13)8-17-14-15-19-18-10-20(15)6-5-16-14/h1-6,10-11H,7-9H2,(H,16,17)/t11-/m1/s1. The third-order valence-electron chi connectivity index (χ3n) is 3.73. The maximum Gasteiger partial charge on any atom is 0.203 e. The summed E-state index contributed by atoms with van der Waals surface area (Å²) in [5.41, 5.74) is 2.01. The Balaban J connectivity index is 1.47. The molecule has 1 N–H and O–H groups in total. The molecular weight excluding hydrogens is 266 g/mol. The predicted molar refractivity (Wildman–Crippen MR) is 78.4 cm³/mol. The average Bonchev–Trinajstić information content (AvgIpc) is 3.02. The van der Waals surface area contributed by atoms with E-state index in [0.717, 1.165) is 36.8 Å². The summed E-state index contributed by atoms with van der Waals surface area (Å²) in [5, 5.41) is 11.3. The van der Waals surface area contributed by atoms with E-state index in [1.807, 2.05) is 22.7 Å². The molecule has 6 nitrogen and oxygen atoms in total. The number of benzene rings is 1. The fourth-order valence-electron chi connectivity index (χ4n) is 2.65.